The molecule has 2 amide bonds. The molecule has 31 heavy (non-hydrogen) atoms. The van der Waals surface area contributed by atoms with E-state index in [-0.39, 0.29) is 29.4 Å². The van der Waals surface area contributed by atoms with Gasteiger partial charge in [-0.3, -0.25) is 9.59 Å². The first-order valence-corrected chi connectivity index (χ1v) is 10.9. The molecule has 1 atom stereocenters. The number of amides is 2. The average molecular weight is 442 g/mol. The average Bonchev–Trinajstić information content (AvgIpc) is 3.18. The van der Waals surface area contributed by atoms with Crippen LogP contribution in [0.5, 0.6) is 0 Å². The van der Waals surface area contributed by atoms with Gasteiger partial charge >= 0.3 is 0 Å². The Balaban J connectivity index is 1.62. The molecule has 0 bridgehead atoms. The first-order valence-electron chi connectivity index (χ1n) is 9.86. The number of carbonyl (C=O) groups is 2. The van der Waals surface area contributed by atoms with Gasteiger partial charge in [0.2, 0.25) is 5.91 Å². The molecular formula is C22H24FN5O2S. The summed E-state index contributed by atoms with van der Waals surface area (Å²) in [6, 6.07) is 12.8. The fraction of sp³-hybridized carbons (Fsp3) is 0.273. The van der Waals surface area contributed by atoms with Crippen LogP contribution in [0.15, 0.2) is 53.7 Å². The van der Waals surface area contributed by atoms with Crippen LogP contribution in [0.1, 0.15) is 41.6 Å². The van der Waals surface area contributed by atoms with Crippen molar-refractivity contribution in [1.82, 2.24) is 20.1 Å². The summed E-state index contributed by atoms with van der Waals surface area (Å²) in [5.74, 6) is -0.0231. The van der Waals surface area contributed by atoms with E-state index in [1.165, 1.54) is 30.0 Å². The summed E-state index contributed by atoms with van der Waals surface area (Å²) in [6.45, 7) is 6.12. The third-order valence-electron chi connectivity index (χ3n) is 4.63. The van der Waals surface area contributed by atoms with Gasteiger partial charge in [-0.2, -0.15) is 0 Å². The van der Waals surface area contributed by atoms with E-state index >= 15 is 0 Å². The van der Waals surface area contributed by atoms with Gasteiger partial charge in [0.05, 0.1) is 11.8 Å². The number of aromatic nitrogens is 3. The predicted molar refractivity (Wildman–Crippen MR) is 119 cm³/mol. The second kappa shape index (κ2) is 10.2. The van der Waals surface area contributed by atoms with Crippen LogP contribution >= 0.6 is 11.8 Å². The van der Waals surface area contributed by atoms with Gasteiger partial charge < -0.3 is 15.2 Å². The molecule has 0 fully saturated rings. The largest absolute Gasteiger partial charge is 0.342 e. The van der Waals surface area contributed by atoms with Crippen LogP contribution in [-0.2, 0) is 11.3 Å². The van der Waals surface area contributed by atoms with Gasteiger partial charge in [-0.1, -0.05) is 30.0 Å². The number of carbonyl (C=O) groups excluding carboxylic acids is 2. The molecule has 0 radical (unpaired) electrons. The first-order chi connectivity index (χ1) is 14.9. The van der Waals surface area contributed by atoms with E-state index in [9.17, 15) is 14.0 Å². The Hall–Kier alpha value is -3.20. The Labute approximate surface area is 184 Å². The topological polar surface area (TPSA) is 88.9 Å². The zero-order valence-corrected chi connectivity index (χ0v) is 18.4. The summed E-state index contributed by atoms with van der Waals surface area (Å²) in [6.07, 6.45) is 0. The number of rotatable bonds is 8. The minimum Gasteiger partial charge on any atom is -0.342 e. The van der Waals surface area contributed by atoms with Crippen molar-refractivity contribution in [3.63, 3.8) is 0 Å². The van der Waals surface area contributed by atoms with Gasteiger partial charge in [0.25, 0.3) is 5.91 Å². The number of aryl methyl sites for hydroxylation is 1. The maximum absolute atomic E-state index is 13.2. The van der Waals surface area contributed by atoms with E-state index < -0.39 is 0 Å². The molecule has 0 aliphatic heterocycles. The molecule has 1 heterocycles. The Kier molecular flexibility index (Phi) is 7.41. The molecule has 0 saturated carbocycles. The van der Waals surface area contributed by atoms with E-state index in [0.29, 0.717) is 34.3 Å². The maximum atomic E-state index is 13.2. The molecule has 0 aliphatic rings. The second-order valence-electron chi connectivity index (χ2n) is 6.94. The van der Waals surface area contributed by atoms with Crippen LogP contribution in [-0.4, -0.2) is 32.3 Å². The molecule has 2 aromatic carbocycles. The van der Waals surface area contributed by atoms with Crippen LogP contribution in [0.2, 0.25) is 0 Å². The van der Waals surface area contributed by atoms with E-state index in [1.807, 2.05) is 24.5 Å². The molecular weight excluding hydrogens is 417 g/mol. The Morgan fingerprint density at radius 2 is 1.90 bits per heavy atom. The molecule has 0 spiro atoms. The van der Waals surface area contributed by atoms with Gasteiger partial charge in [0, 0.05) is 17.8 Å². The summed E-state index contributed by atoms with van der Waals surface area (Å²) in [7, 11) is 0. The van der Waals surface area contributed by atoms with Crippen molar-refractivity contribution in [1.29, 1.82) is 0 Å². The number of anilines is 1. The predicted octanol–water partition coefficient (Wildman–Crippen LogP) is 3.97. The standard InChI is InChI=1S/C22H24FN5O2S/c1-4-28-20(15(3)24-21(30)16-8-6-5-7-9-16)26-27-22(28)31-13-19(29)25-18-11-10-17(23)12-14(18)2/h5-12,15H,4,13H2,1-3H3,(H,24,30)(H,25,29). The number of nitrogens with one attached hydrogen (secondary N) is 2. The quantitative estimate of drug-likeness (QED) is 0.517. The van der Waals surface area contributed by atoms with Crippen LogP contribution in [0.3, 0.4) is 0 Å². The van der Waals surface area contributed by atoms with Gasteiger partial charge in [-0.25, -0.2) is 4.39 Å². The molecule has 7 nitrogen and oxygen atoms in total. The Morgan fingerprint density at radius 1 is 1.16 bits per heavy atom. The number of hydrogen-bond acceptors (Lipinski definition) is 5. The minimum atomic E-state index is -0.356. The highest BCUT2D eigenvalue weighted by Gasteiger charge is 2.20. The van der Waals surface area contributed by atoms with Crippen LogP contribution in [0.4, 0.5) is 10.1 Å². The summed E-state index contributed by atoms with van der Waals surface area (Å²) in [5.41, 5.74) is 1.79. The normalized spacial score (nSPS) is 11.7. The first kappa shape index (κ1) is 22.5. The smallest absolute Gasteiger partial charge is 0.251 e. The molecule has 0 saturated heterocycles. The molecule has 9 heteroatoms. The monoisotopic (exact) mass is 441 g/mol. The van der Waals surface area contributed by atoms with Gasteiger partial charge in [0.1, 0.15) is 5.82 Å². The second-order valence-corrected chi connectivity index (χ2v) is 7.88. The molecule has 1 aromatic heterocycles. The maximum Gasteiger partial charge on any atom is 0.251 e. The van der Waals surface area contributed by atoms with Crippen LogP contribution in [0, 0.1) is 12.7 Å². The van der Waals surface area contributed by atoms with E-state index in [0.717, 1.165) is 0 Å². The number of hydrogen-bond donors (Lipinski definition) is 2. The number of benzene rings is 2. The Morgan fingerprint density at radius 3 is 2.58 bits per heavy atom. The minimum absolute atomic E-state index is 0.125. The van der Waals surface area contributed by atoms with E-state index in [4.69, 9.17) is 0 Å². The zero-order valence-electron chi connectivity index (χ0n) is 17.6. The van der Waals surface area contributed by atoms with Crippen molar-refractivity contribution in [2.45, 2.75) is 38.5 Å². The SMILES string of the molecule is CCn1c(SCC(=O)Nc2ccc(F)cc2C)nnc1C(C)NC(=O)c1ccccc1. The fourth-order valence-corrected chi connectivity index (χ4v) is 3.85. The van der Waals surface area contributed by atoms with Crippen LogP contribution < -0.4 is 10.6 Å². The van der Waals surface area contributed by atoms with Crippen molar-refractivity contribution < 1.29 is 14.0 Å². The fourth-order valence-electron chi connectivity index (χ4n) is 3.04. The molecule has 0 aliphatic carbocycles. The third kappa shape index (κ3) is 5.69. The van der Waals surface area contributed by atoms with Crippen molar-refractivity contribution in [3.8, 4) is 0 Å². The zero-order chi connectivity index (χ0) is 22.4. The summed E-state index contributed by atoms with van der Waals surface area (Å²) in [5, 5.41) is 14.7. The van der Waals surface area contributed by atoms with Crippen molar-refractivity contribution in [2.75, 3.05) is 11.1 Å². The van der Waals surface area contributed by atoms with Gasteiger partial charge in [0.15, 0.2) is 11.0 Å². The summed E-state index contributed by atoms with van der Waals surface area (Å²) in [4.78, 5) is 24.7. The van der Waals surface area contributed by atoms with Gasteiger partial charge in [-0.05, 0) is 56.7 Å². The molecule has 3 rings (SSSR count). The molecule has 2 N–H and O–H groups in total. The van der Waals surface area contributed by atoms with Crippen molar-refractivity contribution in [3.05, 3.63) is 71.3 Å². The highest BCUT2D eigenvalue weighted by Crippen LogP contribution is 2.22. The lowest BCUT2D eigenvalue weighted by atomic mass is 10.2. The number of nitrogens with zero attached hydrogens (tertiary/aromatic N) is 3. The molecule has 3 aromatic rings. The third-order valence-corrected chi connectivity index (χ3v) is 5.59. The van der Waals surface area contributed by atoms with E-state index in [2.05, 4.69) is 20.8 Å². The number of thioether (sulfide) groups is 1. The summed E-state index contributed by atoms with van der Waals surface area (Å²) < 4.78 is 15.1. The summed E-state index contributed by atoms with van der Waals surface area (Å²) >= 11 is 1.25. The molecule has 162 valence electrons. The van der Waals surface area contributed by atoms with Gasteiger partial charge in [-0.15, -0.1) is 10.2 Å². The van der Waals surface area contributed by atoms with Crippen LogP contribution in [0.25, 0.3) is 0 Å². The molecule has 1 unspecified atom stereocenters. The van der Waals surface area contributed by atoms with Crippen molar-refractivity contribution in [2.24, 2.45) is 0 Å². The highest BCUT2D eigenvalue weighted by atomic mass is 32.2. The highest BCUT2D eigenvalue weighted by molar-refractivity contribution is 7.99. The lowest BCUT2D eigenvalue weighted by molar-refractivity contribution is -0.113. The Bertz CT molecular complexity index is 1070. The van der Waals surface area contributed by atoms with E-state index in [1.54, 1.807) is 31.2 Å². The lowest BCUT2D eigenvalue weighted by Crippen LogP contribution is -2.28. The number of halogens is 1. The van der Waals surface area contributed by atoms with Crippen molar-refractivity contribution >= 4 is 29.3 Å². The lowest BCUT2D eigenvalue weighted by Gasteiger charge is -2.15.